The van der Waals surface area contributed by atoms with Crippen LogP contribution < -0.4 is 0 Å². The Morgan fingerprint density at radius 1 is 0.517 bits per heavy atom. The number of hydrogen-bond donors (Lipinski definition) is 11. The number of Topliss-reactive ketones (excluding diaryl/α,β-unsaturated/α-hetero) is 2. The number of rotatable bonds is 1. The Hall–Kier alpha value is -6.96. The largest absolute Gasteiger partial charge is 0.504 e. The van der Waals surface area contributed by atoms with Crippen LogP contribution in [0.5, 0.6) is 34.5 Å². The number of phenolic OH excluding ortho intramolecular Hbond substituents is 6. The Kier molecular flexibility index (Phi) is 8.84. The fraction of sp³-hybridized carbons (Fsp3) is 0.294. The van der Waals surface area contributed by atoms with E-state index in [-0.39, 0.29) is 12.2 Å². The summed E-state index contributed by atoms with van der Waals surface area (Å²) in [6.07, 6.45) is -11.7. The molecule has 304 valence electrons. The summed E-state index contributed by atoms with van der Waals surface area (Å²) in [6, 6.07) is 0.663. The molecule has 2 aromatic rings. The van der Waals surface area contributed by atoms with Crippen LogP contribution in [-0.4, -0.2) is 152 Å². The number of benzene rings is 2. The predicted molar refractivity (Wildman–Crippen MR) is 169 cm³/mol. The van der Waals surface area contributed by atoms with Crippen LogP contribution >= 0.6 is 0 Å². The van der Waals surface area contributed by atoms with Gasteiger partial charge in [0.1, 0.15) is 6.10 Å². The predicted octanol–water partition coefficient (Wildman–Crippen LogP) is -4.44. The highest BCUT2D eigenvalue weighted by molar-refractivity contribution is 6.25. The molecule has 4 bridgehead atoms. The van der Waals surface area contributed by atoms with E-state index in [9.17, 15) is 94.5 Å². The van der Waals surface area contributed by atoms with Gasteiger partial charge in [0.25, 0.3) is 11.6 Å². The Morgan fingerprint density at radius 3 is 1.34 bits per heavy atom. The summed E-state index contributed by atoms with van der Waals surface area (Å²) in [6.45, 7) is -1.30. The molecule has 2 unspecified atom stereocenters. The highest BCUT2D eigenvalue weighted by Gasteiger charge is 2.60. The lowest BCUT2D eigenvalue weighted by Gasteiger charge is -2.43. The molecule has 11 N–H and O–H groups in total. The van der Waals surface area contributed by atoms with Crippen LogP contribution in [0.1, 0.15) is 43.7 Å². The average Bonchev–Trinajstić information content (AvgIpc) is 3.17. The van der Waals surface area contributed by atoms with Crippen LogP contribution in [0.3, 0.4) is 0 Å². The number of phenols is 6. The van der Waals surface area contributed by atoms with E-state index in [1.165, 1.54) is 0 Å². The standard InChI is InChI=1S/C34H24O24/c35-5-12-23-24-25(57-28(46)6-1-10(36)19(40)21(42)15(6)17-8(29(47)55-23)3-13(38)33(50,51)26(17)44)32(54-12)58-31(49)7-2-11(37)20(41)22(43)16(7)18-9(30(48)56-24)4-14(39)34(52,53)27(18)45/h1-4,12,17-18,23-25,32,35-37,40-43,50-53H,5H2/t12-,17?,18?,23-,24+,25-,32+/m1/s1. The Morgan fingerprint density at radius 2 is 0.914 bits per heavy atom. The maximum Gasteiger partial charge on any atom is 0.341 e. The Labute approximate surface area is 318 Å². The van der Waals surface area contributed by atoms with Gasteiger partial charge < -0.3 is 79.9 Å². The number of aliphatic hydroxyl groups excluding tert-OH is 1. The van der Waals surface area contributed by atoms with Crippen molar-refractivity contribution in [2.75, 3.05) is 6.61 Å². The molecule has 2 aliphatic carbocycles. The van der Waals surface area contributed by atoms with Crippen molar-refractivity contribution >= 4 is 47.0 Å². The minimum atomic E-state index is -3.99. The van der Waals surface area contributed by atoms with E-state index in [1.807, 2.05) is 0 Å². The third kappa shape index (κ3) is 5.53. The molecule has 24 heteroatoms. The number of carbonyl (C=O) groups is 8. The van der Waals surface area contributed by atoms with Crippen molar-refractivity contribution in [3.63, 3.8) is 0 Å². The van der Waals surface area contributed by atoms with Crippen LogP contribution in [0, 0.1) is 0 Å². The first-order valence-electron chi connectivity index (χ1n) is 16.2. The number of aliphatic hydroxyl groups is 5. The number of esters is 4. The molecule has 7 atom stereocenters. The number of ether oxygens (including phenoxy) is 5. The van der Waals surface area contributed by atoms with Crippen molar-refractivity contribution in [2.24, 2.45) is 0 Å². The normalized spacial score (nSPS) is 28.9. The summed E-state index contributed by atoms with van der Waals surface area (Å²) in [5.41, 5.74) is -7.30. The lowest BCUT2D eigenvalue weighted by Crippen LogP contribution is -2.63. The molecule has 58 heavy (non-hydrogen) atoms. The topological polar surface area (TPSA) is 405 Å². The van der Waals surface area contributed by atoms with Crippen molar-refractivity contribution in [1.29, 1.82) is 0 Å². The second-order valence-corrected chi connectivity index (χ2v) is 13.2. The van der Waals surface area contributed by atoms with Crippen LogP contribution in [0.2, 0.25) is 0 Å². The molecular weight excluding hydrogens is 792 g/mol. The lowest BCUT2D eigenvalue weighted by atomic mass is 9.75. The van der Waals surface area contributed by atoms with Gasteiger partial charge in [0.05, 0.1) is 40.7 Å². The summed E-state index contributed by atoms with van der Waals surface area (Å²) in [5.74, 6) is -37.3. The van der Waals surface area contributed by atoms with Crippen LogP contribution in [0.4, 0.5) is 0 Å². The van der Waals surface area contributed by atoms with Gasteiger partial charge in [0.15, 0.2) is 35.2 Å². The third-order valence-electron chi connectivity index (χ3n) is 9.89. The minimum absolute atomic E-state index is 0.0975. The van der Waals surface area contributed by atoms with Gasteiger partial charge >= 0.3 is 23.9 Å². The number of aromatic hydroxyl groups is 6. The highest BCUT2D eigenvalue weighted by atomic mass is 16.7. The summed E-state index contributed by atoms with van der Waals surface area (Å²) in [5, 5.41) is 115. The molecule has 3 aliphatic heterocycles. The molecule has 3 heterocycles. The van der Waals surface area contributed by atoms with E-state index in [0.717, 1.165) is 0 Å². The average molecular weight is 817 g/mol. The minimum Gasteiger partial charge on any atom is -0.504 e. The van der Waals surface area contributed by atoms with Gasteiger partial charge in [-0.1, -0.05) is 0 Å². The number of ketones is 4. The molecule has 5 aliphatic rings. The zero-order valence-electron chi connectivity index (χ0n) is 28.3. The molecule has 1 saturated heterocycles. The zero-order valence-corrected chi connectivity index (χ0v) is 28.3. The second kappa shape index (κ2) is 13.0. The lowest BCUT2D eigenvalue weighted by molar-refractivity contribution is -0.289. The van der Waals surface area contributed by atoms with Crippen LogP contribution in [-0.2, 0) is 52.5 Å². The van der Waals surface area contributed by atoms with Crippen LogP contribution in [0.15, 0.2) is 35.4 Å². The first-order chi connectivity index (χ1) is 27.0. The van der Waals surface area contributed by atoms with Gasteiger partial charge in [-0.05, 0) is 24.3 Å². The summed E-state index contributed by atoms with van der Waals surface area (Å²) in [4.78, 5) is 109. The van der Waals surface area contributed by atoms with Gasteiger partial charge in [0.2, 0.25) is 47.0 Å². The highest BCUT2D eigenvalue weighted by Crippen LogP contribution is 2.51. The van der Waals surface area contributed by atoms with Gasteiger partial charge in [-0.2, -0.15) is 0 Å². The fourth-order valence-corrected chi connectivity index (χ4v) is 7.01. The van der Waals surface area contributed by atoms with Gasteiger partial charge in [-0.3, -0.25) is 19.2 Å². The number of carbonyl (C=O) groups excluding carboxylic acids is 8. The molecule has 0 amide bonds. The maximum atomic E-state index is 14.1. The first kappa shape index (κ1) is 39.3. The summed E-state index contributed by atoms with van der Waals surface area (Å²) < 4.78 is 27.3. The quantitative estimate of drug-likeness (QED) is 0.0425. The molecule has 0 saturated carbocycles. The maximum absolute atomic E-state index is 14.1. The smallest absolute Gasteiger partial charge is 0.341 e. The first-order valence-corrected chi connectivity index (χ1v) is 16.2. The SMILES string of the molecule is O=C1O[C@@H]2[C@H]3OC(=O)c4cc(O)c(O)c(O)c4C4C(=O)C(O)(O)C(=O)C=C4C(=O)O[C@@H]2[C@@H](CO)O[C@H]3OC(=O)c2cc(O)c(O)c(O)c2C2C(=O)C(O)(O)C(=O)C=C12. The van der Waals surface area contributed by atoms with Gasteiger partial charge in [-0.25, -0.2) is 19.2 Å². The molecule has 0 spiro atoms. The van der Waals surface area contributed by atoms with Crippen molar-refractivity contribution in [3.8, 4) is 34.5 Å². The van der Waals surface area contributed by atoms with E-state index in [1.54, 1.807) is 0 Å². The van der Waals surface area contributed by atoms with Crippen LogP contribution in [0.25, 0.3) is 0 Å². The number of hydrogen-bond acceptors (Lipinski definition) is 24. The Bertz CT molecular complexity index is 2380. The van der Waals surface area contributed by atoms with Crippen molar-refractivity contribution in [3.05, 3.63) is 57.7 Å². The van der Waals surface area contributed by atoms with E-state index in [0.29, 0.717) is 12.1 Å². The molecule has 0 aromatic heterocycles. The molecular formula is C34H24O24. The molecule has 2 aromatic carbocycles. The summed E-state index contributed by atoms with van der Waals surface area (Å²) in [7, 11) is 0. The fourth-order valence-electron chi connectivity index (χ4n) is 7.01. The van der Waals surface area contributed by atoms with Crippen molar-refractivity contribution < 1.29 is 118 Å². The molecule has 24 nitrogen and oxygen atoms in total. The second-order valence-electron chi connectivity index (χ2n) is 13.2. The van der Waals surface area contributed by atoms with Crippen molar-refractivity contribution in [1.82, 2.24) is 0 Å². The molecule has 7 rings (SSSR count). The van der Waals surface area contributed by atoms with E-state index in [2.05, 4.69) is 0 Å². The molecule has 1 fully saturated rings. The Balaban J connectivity index is 1.50. The van der Waals surface area contributed by atoms with E-state index < -0.39 is 176 Å². The summed E-state index contributed by atoms with van der Waals surface area (Å²) >= 11 is 0. The third-order valence-corrected chi connectivity index (χ3v) is 9.89. The molecule has 0 radical (unpaired) electrons. The van der Waals surface area contributed by atoms with Crippen molar-refractivity contribution in [2.45, 2.75) is 54.1 Å². The monoisotopic (exact) mass is 816 g/mol. The number of fused-ring (bicyclic) bond motifs is 6. The van der Waals surface area contributed by atoms with Gasteiger partial charge in [-0.15, -0.1) is 0 Å². The van der Waals surface area contributed by atoms with Gasteiger partial charge in [0, 0.05) is 11.1 Å². The van der Waals surface area contributed by atoms with E-state index in [4.69, 9.17) is 23.7 Å². The van der Waals surface area contributed by atoms with E-state index >= 15 is 0 Å². The zero-order chi connectivity index (χ0) is 42.7.